The number of fused-ring (bicyclic) bond motifs is 5. The van der Waals surface area contributed by atoms with Gasteiger partial charge in [-0.2, -0.15) is 0 Å². The molecule has 5 nitrogen and oxygen atoms in total. The van der Waals surface area contributed by atoms with E-state index in [0.29, 0.717) is 59.7 Å². The van der Waals surface area contributed by atoms with Crippen LogP contribution in [-0.4, -0.2) is 30.9 Å². The van der Waals surface area contributed by atoms with Crippen LogP contribution in [0.25, 0.3) is 0 Å². The first-order valence-corrected chi connectivity index (χ1v) is 14.5. The van der Waals surface area contributed by atoms with Gasteiger partial charge in [0, 0.05) is 18.3 Å². The third-order valence-electron chi connectivity index (χ3n) is 11.6. The number of Topliss-reactive ketones (excluding diaryl/α,β-unsaturated/α-hetero) is 1. The zero-order chi connectivity index (χ0) is 26.4. The Balaban J connectivity index is 1.27. The van der Waals surface area contributed by atoms with Gasteiger partial charge in [-0.3, -0.25) is 9.59 Å². The molecule has 37 heavy (non-hydrogen) atoms. The average molecular weight is 509 g/mol. The van der Waals surface area contributed by atoms with Crippen molar-refractivity contribution in [3.8, 4) is 0 Å². The number of carbonyl (C=O) groups is 3. The van der Waals surface area contributed by atoms with Crippen LogP contribution in [0.4, 0.5) is 0 Å². The predicted octanol–water partition coefficient (Wildman–Crippen LogP) is 6.64. The van der Waals surface area contributed by atoms with Crippen molar-refractivity contribution in [3.05, 3.63) is 35.9 Å². The summed E-state index contributed by atoms with van der Waals surface area (Å²) in [6.07, 6.45) is 9.31. The number of esters is 2. The lowest BCUT2D eigenvalue weighted by Gasteiger charge is -2.60. The molecule has 0 aliphatic heterocycles. The van der Waals surface area contributed by atoms with Crippen molar-refractivity contribution in [2.75, 3.05) is 7.11 Å². The zero-order valence-corrected chi connectivity index (χ0v) is 23.0. The molecule has 0 aromatic heterocycles. The van der Waals surface area contributed by atoms with Gasteiger partial charge >= 0.3 is 11.9 Å². The van der Waals surface area contributed by atoms with E-state index in [-0.39, 0.29) is 28.9 Å². The molecule has 0 heterocycles. The number of methoxy groups -OCH3 is 1. The molecule has 0 radical (unpaired) electrons. The number of ketones is 1. The first kappa shape index (κ1) is 26.4. The molecule has 9 atom stereocenters. The molecule has 0 N–H and O–H groups in total. The van der Waals surface area contributed by atoms with E-state index >= 15 is 0 Å². The Labute approximate surface area is 222 Å². The SMILES string of the molecule is COC(=O)CC[C@@H](C)[C@H]1CC[C@H]2[C@@H]3CC[C@@H]4C[C@@H](OC(=O)c5ccccc5)CC[C@]4(C)[C@H]3CC(=O)[C@]12C. The molecule has 0 amide bonds. The Kier molecular flexibility index (Phi) is 7.28. The van der Waals surface area contributed by atoms with E-state index in [4.69, 9.17) is 9.47 Å². The third-order valence-corrected chi connectivity index (χ3v) is 11.6. The summed E-state index contributed by atoms with van der Waals surface area (Å²) in [4.78, 5) is 38.4. The Morgan fingerprint density at radius 2 is 1.78 bits per heavy atom. The quantitative estimate of drug-likeness (QED) is 0.403. The number of rotatable bonds is 6. The van der Waals surface area contributed by atoms with Gasteiger partial charge in [0.15, 0.2) is 0 Å². The van der Waals surface area contributed by atoms with Crippen molar-refractivity contribution in [2.24, 2.45) is 46.3 Å². The molecule has 0 unspecified atom stereocenters. The molecular weight excluding hydrogens is 464 g/mol. The molecule has 4 saturated carbocycles. The lowest BCUT2D eigenvalue weighted by atomic mass is 9.44. The second kappa shape index (κ2) is 10.2. The molecule has 5 rings (SSSR count). The van der Waals surface area contributed by atoms with Crippen LogP contribution in [0.1, 0.15) is 95.3 Å². The second-order valence-corrected chi connectivity index (χ2v) is 13.0. The predicted molar refractivity (Wildman–Crippen MR) is 142 cm³/mol. The average Bonchev–Trinajstić information content (AvgIpc) is 3.27. The fourth-order valence-corrected chi connectivity index (χ4v) is 9.42. The first-order valence-electron chi connectivity index (χ1n) is 14.5. The summed E-state index contributed by atoms with van der Waals surface area (Å²) < 4.78 is 10.8. The fraction of sp³-hybridized carbons (Fsp3) is 0.719. The Morgan fingerprint density at radius 3 is 2.51 bits per heavy atom. The summed E-state index contributed by atoms with van der Waals surface area (Å²) >= 11 is 0. The lowest BCUT2D eigenvalue weighted by Crippen LogP contribution is -2.57. The molecule has 0 saturated heterocycles. The molecule has 4 aliphatic rings. The highest BCUT2D eigenvalue weighted by molar-refractivity contribution is 5.89. The fourth-order valence-electron chi connectivity index (χ4n) is 9.42. The molecule has 5 heteroatoms. The van der Waals surface area contributed by atoms with Gasteiger partial charge in [-0.1, -0.05) is 39.0 Å². The monoisotopic (exact) mass is 508 g/mol. The van der Waals surface area contributed by atoms with Crippen LogP contribution in [0.3, 0.4) is 0 Å². The van der Waals surface area contributed by atoms with Gasteiger partial charge in [-0.25, -0.2) is 4.79 Å². The van der Waals surface area contributed by atoms with Crippen LogP contribution in [0, 0.1) is 46.3 Å². The van der Waals surface area contributed by atoms with Crippen LogP contribution < -0.4 is 0 Å². The maximum atomic E-state index is 14.0. The maximum Gasteiger partial charge on any atom is 0.338 e. The second-order valence-electron chi connectivity index (χ2n) is 13.0. The van der Waals surface area contributed by atoms with Crippen molar-refractivity contribution < 1.29 is 23.9 Å². The highest BCUT2D eigenvalue weighted by atomic mass is 16.5. The third kappa shape index (κ3) is 4.55. The van der Waals surface area contributed by atoms with Crippen LogP contribution >= 0.6 is 0 Å². The Bertz CT molecular complexity index is 1020. The number of hydrogen-bond donors (Lipinski definition) is 0. The summed E-state index contributed by atoms with van der Waals surface area (Å²) in [7, 11) is 1.45. The molecule has 202 valence electrons. The number of benzene rings is 1. The van der Waals surface area contributed by atoms with Crippen LogP contribution in [0.2, 0.25) is 0 Å². The molecule has 4 aliphatic carbocycles. The first-order chi connectivity index (χ1) is 17.7. The Morgan fingerprint density at radius 1 is 1.03 bits per heavy atom. The van der Waals surface area contributed by atoms with E-state index in [1.807, 2.05) is 30.3 Å². The van der Waals surface area contributed by atoms with E-state index < -0.39 is 0 Å². The molecular formula is C32H44O5. The summed E-state index contributed by atoms with van der Waals surface area (Å²) in [5.41, 5.74) is 0.500. The van der Waals surface area contributed by atoms with E-state index in [9.17, 15) is 14.4 Å². The summed E-state index contributed by atoms with van der Waals surface area (Å²) in [6.45, 7) is 6.93. The highest BCUT2D eigenvalue weighted by Gasteiger charge is 2.64. The molecule has 1 aromatic carbocycles. The van der Waals surface area contributed by atoms with Crippen LogP contribution in [-0.2, 0) is 19.1 Å². The van der Waals surface area contributed by atoms with Gasteiger partial charge in [0.25, 0.3) is 0 Å². The van der Waals surface area contributed by atoms with Gasteiger partial charge in [0.2, 0.25) is 0 Å². The van der Waals surface area contributed by atoms with Gasteiger partial charge in [0.05, 0.1) is 12.7 Å². The topological polar surface area (TPSA) is 69.7 Å². The summed E-state index contributed by atoms with van der Waals surface area (Å²) in [6, 6.07) is 9.29. The smallest absolute Gasteiger partial charge is 0.338 e. The minimum absolute atomic E-state index is 0.0292. The summed E-state index contributed by atoms with van der Waals surface area (Å²) in [5, 5.41) is 0. The van der Waals surface area contributed by atoms with Crippen molar-refractivity contribution >= 4 is 17.7 Å². The van der Waals surface area contributed by atoms with Crippen molar-refractivity contribution in [1.29, 1.82) is 0 Å². The normalized spacial score (nSPS) is 39.6. The van der Waals surface area contributed by atoms with Gasteiger partial charge < -0.3 is 9.47 Å². The molecule has 1 aromatic rings. The number of carbonyl (C=O) groups excluding carboxylic acids is 3. The zero-order valence-electron chi connectivity index (χ0n) is 23.0. The Hall–Kier alpha value is -2.17. The molecule has 4 fully saturated rings. The van der Waals surface area contributed by atoms with Crippen LogP contribution in [0.5, 0.6) is 0 Å². The molecule has 0 bridgehead atoms. The van der Waals surface area contributed by atoms with E-state index in [1.54, 1.807) is 0 Å². The number of hydrogen-bond acceptors (Lipinski definition) is 5. The molecule has 0 spiro atoms. The van der Waals surface area contributed by atoms with Gasteiger partial charge in [-0.05, 0) is 104 Å². The minimum atomic E-state index is -0.262. The van der Waals surface area contributed by atoms with Crippen molar-refractivity contribution in [2.45, 2.75) is 91.1 Å². The summed E-state index contributed by atoms with van der Waals surface area (Å²) in [5.74, 6) is 2.79. The van der Waals surface area contributed by atoms with Crippen molar-refractivity contribution in [3.63, 3.8) is 0 Å². The van der Waals surface area contributed by atoms with Crippen molar-refractivity contribution in [1.82, 2.24) is 0 Å². The van der Waals surface area contributed by atoms with Crippen LogP contribution in [0.15, 0.2) is 30.3 Å². The van der Waals surface area contributed by atoms with E-state index in [0.717, 1.165) is 38.5 Å². The lowest BCUT2D eigenvalue weighted by molar-refractivity contribution is -0.160. The van der Waals surface area contributed by atoms with E-state index in [1.165, 1.54) is 20.0 Å². The number of ether oxygens (including phenoxy) is 2. The van der Waals surface area contributed by atoms with Gasteiger partial charge in [0.1, 0.15) is 11.9 Å². The largest absolute Gasteiger partial charge is 0.469 e. The highest BCUT2D eigenvalue weighted by Crippen LogP contribution is 2.67. The van der Waals surface area contributed by atoms with E-state index in [2.05, 4.69) is 20.8 Å². The minimum Gasteiger partial charge on any atom is -0.469 e. The standard InChI is InChI=1S/C32H44O5/c1-20(10-15-29(34)36-4)25-13-14-26-24-12-11-22-18-23(37-30(35)21-8-6-5-7-9-21)16-17-31(22,2)27(24)19-28(33)32(25,26)3/h5-9,20,22-27H,10-19H2,1-4H3/t20-,22-,23+,24+,25-,26+,27+,31+,32-/m1/s1. The van der Waals surface area contributed by atoms with Gasteiger partial charge in [-0.15, -0.1) is 0 Å². The maximum absolute atomic E-state index is 14.0.